The van der Waals surface area contributed by atoms with E-state index in [0.29, 0.717) is 15.6 Å². The summed E-state index contributed by atoms with van der Waals surface area (Å²) in [5, 5.41) is 9.25. The molecule has 2 N–H and O–H groups in total. The predicted molar refractivity (Wildman–Crippen MR) is 116 cm³/mol. The van der Waals surface area contributed by atoms with Gasteiger partial charge in [0.15, 0.2) is 5.76 Å². The normalized spacial score (nSPS) is 10.7. The Morgan fingerprint density at radius 2 is 1.90 bits per heavy atom. The fraction of sp³-hybridized carbons (Fsp3) is 0.0952. The fourth-order valence-corrected chi connectivity index (χ4v) is 4.38. The van der Waals surface area contributed by atoms with E-state index < -0.39 is 0 Å². The van der Waals surface area contributed by atoms with Crippen molar-refractivity contribution in [1.29, 1.82) is 0 Å². The minimum absolute atomic E-state index is 0.219. The molecular weight excluding hydrogens is 406 g/mol. The molecule has 0 aliphatic rings. The van der Waals surface area contributed by atoms with Crippen molar-refractivity contribution in [2.75, 3.05) is 10.6 Å². The molecule has 2 amide bonds. The molecule has 4 rings (SSSR count). The van der Waals surface area contributed by atoms with Crippen LogP contribution in [-0.4, -0.2) is 16.8 Å². The SMILES string of the molecule is Cc1nc(-c2cccc(NC(=O)c3sc(NC(=O)c4ccco4)cc3C)c2)cs1. The van der Waals surface area contributed by atoms with Crippen molar-refractivity contribution in [2.45, 2.75) is 13.8 Å². The molecule has 0 fully saturated rings. The van der Waals surface area contributed by atoms with Crippen molar-refractivity contribution < 1.29 is 14.0 Å². The number of carbonyl (C=O) groups is 2. The molecule has 146 valence electrons. The van der Waals surface area contributed by atoms with Crippen molar-refractivity contribution in [3.63, 3.8) is 0 Å². The number of thiazole rings is 1. The summed E-state index contributed by atoms with van der Waals surface area (Å²) in [5.74, 6) is -0.358. The van der Waals surface area contributed by atoms with Crippen molar-refractivity contribution in [1.82, 2.24) is 4.98 Å². The molecule has 0 atom stereocenters. The van der Waals surface area contributed by atoms with Crippen molar-refractivity contribution in [2.24, 2.45) is 0 Å². The van der Waals surface area contributed by atoms with Crippen LogP contribution in [0.2, 0.25) is 0 Å². The maximum Gasteiger partial charge on any atom is 0.291 e. The second kappa shape index (κ2) is 8.02. The molecule has 0 spiro atoms. The number of furan rings is 1. The van der Waals surface area contributed by atoms with E-state index in [4.69, 9.17) is 4.42 Å². The maximum absolute atomic E-state index is 12.8. The van der Waals surface area contributed by atoms with Crippen LogP contribution in [0.4, 0.5) is 10.7 Å². The molecule has 8 heteroatoms. The Hall–Kier alpha value is -3.23. The van der Waals surface area contributed by atoms with Gasteiger partial charge in [0.25, 0.3) is 11.8 Å². The number of hydrogen-bond donors (Lipinski definition) is 2. The third kappa shape index (κ3) is 4.28. The average Bonchev–Trinajstić information content (AvgIpc) is 3.43. The molecule has 29 heavy (non-hydrogen) atoms. The summed E-state index contributed by atoms with van der Waals surface area (Å²) < 4.78 is 5.09. The summed E-state index contributed by atoms with van der Waals surface area (Å²) in [6, 6.07) is 12.6. The predicted octanol–water partition coefficient (Wildman–Crippen LogP) is 5.59. The molecule has 0 saturated heterocycles. The Morgan fingerprint density at radius 1 is 1.03 bits per heavy atom. The molecule has 0 bridgehead atoms. The number of nitrogens with zero attached hydrogens (tertiary/aromatic N) is 1. The number of nitrogens with one attached hydrogen (secondary N) is 2. The van der Waals surface area contributed by atoms with Crippen molar-refractivity contribution >= 4 is 45.2 Å². The van der Waals surface area contributed by atoms with Crippen LogP contribution in [0.15, 0.2) is 58.5 Å². The Balaban J connectivity index is 1.49. The zero-order valence-electron chi connectivity index (χ0n) is 15.7. The summed E-state index contributed by atoms with van der Waals surface area (Å²) in [6.07, 6.45) is 1.44. The van der Waals surface area contributed by atoms with E-state index in [1.54, 1.807) is 29.5 Å². The van der Waals surface area contributed by atoms with Crippen molar-refractivity contribution in [3.05, 3.63) is 75.3 Å². The molecule has 3 heterocycles. The van der Waals surface area contributed by atoms with Gasteiger partial charge in [-0.05, 0) is 49.7 Å². The van der Waals surface area contributed by atoms with Crippen molar-refractivity contribution in [3.8, 4) is 11.3 Å². The van der Waals surface area contributed by atoms with Crippen LogP contribution in [0.1, 0.15) is 30.8 Å². The number of aromatic nitrogens is 1. The Morgan fingerprint density at radius 3 is 2.62 bits per heavy atom. The van der Waals surface area contributed by atoms with E-state index in [9.17, 15) is 9.59 Å². The first kappa shape index (κ1) is 19.1. The second-order valence-corrected chi connectivity index (χ2v) is 8.46. The van der Waals surface area contributed by atoms with E-state index in [-0.39, 0.29) is 17.6 Å². The number of amides is 2. The molecule has 1 aromatic carbocycles. The number of anilines is 2. The smallest absolute Gasteiger partial charge is 0.291 e. The lowest BCUT2D eigenvalue weighted by Gasteiger charge is -2.06. The monoisotopic (exact) mass is 423 g/mol. The number of hydrogen-bond acceptors (Lipinski definition) is 6. The first-order chi connectivity index (χ1) is 14.0. The third-order valence-electron chi connectivity index (χ3n) is 4.14. The van der Waals surface area contributed by atoms with Gasteiger partial charge in [0.1, 0.15) is 0 Å². The highest BCUT2D eigenvalue weighted by Crippen LogP contribution is 2.29. The summed E-state index contributed by atoms with van der Waals surface area (Å²) in [6.45, 7) is 3.80. The molecule has 6 nitrogen and oxygen atoms in total. The maximum atomic E-state index is 12.8. The topological polar surface area (TPSA) is 84.2 Å². The van der Waals surface area contributed by atoms with Gasteiger partial charge in [-0.2, -0.15) is 0 Å². The van der Waals surface area contributed by atoms with Gasteiger partial charge in [0.2, 0.25) is 0 Å². The van der Waals surface area contributed by atoms with Gasteiger partial charge in [-0.25, -0.2) is 4.98 Å². The number of carbonyl (C=O) groups excluding carboxylic acids is 2. The van der Waals surface area contributed by atoms with Gasteiger partial charge >= 0.3 is 0 Å². The summed E-state index contributed by atoms with van der Waals surface area (Å²) in [4.78, 5) is 29.9. The highest BCUT2D eigenvalue weighted by Gasteiger charge is 2.17. The van der Waals surface area contributed by atoms with Gasteiger partial charge in [0, 0.05) is 16.6 Å². The van der Waals surface area contributed by atoms with Crippen LogP contribution < -0.4 is 10.6 Å². The van der Waals surface area contributed by atoms with E-state index >= 15 is 0 Å². The standard InChI is InChI=1S/C21H17N3O3S2/c1-12-9-18(24-20(25)17-7-4-8-27-17)29-19(12)21(26)23-15-6-3-5-14(10-15)16-11-28-13(2)22-16/h3-11H,1-2H3,(H,23,26)(H,24,25). The van der Waals surface area contributed by atoms with Gasteiger partial charge in [0.05, 0.1) is 26.8 Å². The van der Waals surface area contributed by atoms with Crippen LogP contribution in [0.25, 0.3) is 11.3 Å². The average molecular weight is 424 g/mol. The number of thiophene rings is 1. The van der Waals surface area contributed by atoms with Crippen LogP contribution in [0.5, 0.6) is 0 Å². The number of benzene rings is 1. The molecule has 0 aliphatic carbocycles. The molecule has 0 radical (unpaired) electrons. The lowest BCUT2D eigenvalue weighted by Crippen LogP contribution is -2.11. The second-order valence-electron chi connectivity index (χ2n) is 6.34. The van der Waals surface area contributed by atoms with E-state index in [0.717, 1.165) is 21.8 Å². The summed E-state index contributed by atoms with van der Waals surface area (Å²) in [5.41, 5.74) is 3.31. The Bertz CT molecular complexity index is 1180. The van der Waals surface area contributed by atoms with Crippen LogP contribution in [-0.2, 0) is 0 Å². The molecule has 0 aliphatic heterocycles. The lowest BCUT2D eigenvalue weighted by atomic mass is 10.1. The van der Waals surface area contributed by atoms with E-state index in [1.807, 2.05) is 43.5 Å². The molecule has 4 aromatic rings. The summed E-state index contributed by atoms with van der Waals surface area (Å²) in [7, 11) is 0. The van der Waals surface area contributed by atoms with Gasteiger partial charge in [-0.15, -0.1) is 22.7 Å². The van der Waals surface area contributed by atoms with Crippen LogP contribution in [0.3, 0.4) is 0 Å². The third-order valence-corrected chi connectivity index (χ3v) is 6.07. The van der Waals surface area contributed by atoms with Gasteiger partial charge < -0.3 is 15.1 Å². The first-order valence-corrected chi connectivity index (χ1v) is 10.5. The highest BCUT2D eigenvalue weighted by atomic mass is 32.1. The molecule has 3 aromatic heterocycles. The minimum atomic E-state index is -0.352. The number of aryl methyl sites for hydroxylation is 2. The quantitative estimate of drug-likeness (QED) is 0.438. The zero-order valence-corrected chi connectivity index (χ0v) is 17.3. The van der Waals surface area contributed by atoms with E-state index in [2.05, 4.69) is 15.6 Å². The molecule has 0 saturated carbocycles. The fourth-order valence-electron chi connectivity index (χ4n) is 2.79. The summed E-state index contributed by atoms with van der Waals surface area (Å²) >= 11 is 2.81. The van der Waals surface area contributed by atoms with E-state index in [1.165, 1.54) is 17.6 Å². The van der Waals surface area contributed by atoms with Crippen LogP contribution in [0, 0.1) is 13.8 Å². The number of rotatable bonds is 5. The van der Waals surface area contributed by atoms with Gasteiger partial charge in [-0.3, -0.25) is 9.59 Å². The van der Waals surface area contributed by atoms with Crippen LogP contribution >= 0.6 is 22.7 Å². The Labute approximate surface area is 175 Å². The lowest BCUT2D eigenvalue weighted by molar-refractivity contribution is 0.0995. The van der Waals surface area contributed by atoms with Gasteiger partial charge in [-0.1, -0.05) is 12.1 Å². The minimum Gasteiger partial charge on any atom is -0.459 e. The first-order valence-electron chi connectivity index (χ1n) is 8.79. The highest BCUT2D eigenvalue weighted by molar-refractivity contribution is 7.18. The molecular formula is C21H17N3O3S2. The Kier molecular flexibility index (Phi) is 5.28. The zero-order chi connectivity index (χ0) is 20.4. The molecule has 0 unspecified atom stereocenters. The largest absolute Gasteiger partial charge is 0.459 e.